The van der Waals surface area contributed by atoms with Crippen molar-refractivity contribution < 1.29 is 19.4 Å². The van der Waals surface area contributed by atoms with E-state index in [1.165, 1.54) is 0 Å². The summed E-state index contributed by atoms with van der Waals surface area (Å²) in [7, 11) is 0. The number of ether oxygens (including phenoxy) is 1. The van der Waals surface area contributed by atoms with E-state index in [4.69, 9.17) is 9.84 Å². The molecule has 118 valence electrons. The van der Waals surface area contributed by atoms with Gasteiger partial charge in [0.05, 0.1) is 11.5 Å². The summed E-state index contributed by atoms with van der Waals surface area (Å²) in [6.45, 7) is 0.698. The van der Waals surface area contributed by atoms with Crippen LogP contribution in [0.4, 0.5) is 0 Å². The highest BCUT2D eigenvalue weighted by Crippen LogP contribution is 2.28. The van der Waals surface area contributed by atoms with Crippen molar-refractivity contribution in [2.45, 2.75) is 6.42 Å². The summed E-state index contributed by atoms with van der Waals surface area (Å²) in [5.74, 6) is -0.407. The summed E-state index contributed by atoms with van der Waals surface area (Å²) in [4.78, 5) is 25.3. The van der Waals surface area contributed by atoms with Crippen LogP contribution in [-0.2, 0) is 4.79 Å². The average molecular weight is 311 g/mol. The Balaban J connectivity index is 1.80. The van der Waals surface area contributed by atoms with Crippen LogP contribution >= 0.6 is 0 Å². The van der Waals surface area contributed by atoms with Crippen molar-refractivity contribution in [1.29, 1.82) is 0 Å². The second kappa shape index (κ2) is 6.52. The molecule has 3 rings (SSSR count). The zero-order chi connectivity index (χ0) is 16.2. The predicted molar refractivity (Wildman–Crippen MR) is 84.6 cm³/mol. The van der Waals surface area contributed by atoms with Gasteiger partial charge in [0, 0.05) is 13.1 Å². The molecule has 1 saturated heterocycles. The van der Waals surface area contributed by atoms with Gasteiger partial charge >= 0.3 is 5.97 Å². The first-order valence-electron chi connectivity index (χ1n) is 7.49. The Labute approximate surface area is 134 Å². The second-order valence-corrected chi connectivity index (χ2v) is 5.49. The van der Waals surface area contributed by atoms with Gasteiger partial charge in [-0.1, -0.05) is 30.3 Å². The van der Waals surface area contributed by atoms with Gasteiger partial charge in [-0.05, 0) is 30.7 Å². The van der Waals surface area contributed by atoms with Crippen LogP contribution in [0.15, 0.2) is 54.6 Å². The smallest absolute Gasteiger partial charge is 0.308 e. The molecule has 5 nitrogen and oxygen atoms in total. The van der Waals surface area contributed by atoms with Gasteiger partial charge in [-0.25, -0.2) is 0 Å². The first kappa shape index (κ1) is 15.1. The largest absolute Gasteiger partial charge is 0.481 e. The number of benzene rings is 2. The number of hydrogen-bond donors (Lipinski definition) is 1. The molecule has 2 aromatic carbocycles. The lowest BCUT2D eigenvalue weighted by Crippen LogP contribution is -2.30. The Morgan fingerprint density at radius 2 is 1.74 bits per heavy atom. The molecule has 1 atom stereocenters. The molecule has 1 aliphatic rings. The molecule has 1 N–H and O–H groups in total. The monoisotopic (exact) mass is 311 g/mol. The van der Waals surface area contributed by atoms with E-state index >= 15 is 0 Å². The number of para-hydroxylation sites is 2. The first-order chi connectivity index (χ1) is 11.1. The minimum atomic E-state index is -0.853. The van der Waals surface area contributed by atoms with Gasteiger partial charge in [-0.2, -0.15) is 0 Å². The second-order valence-electron chi connectivity index (χ2n) is 5.49. The molecule has 0 bridgehead atoms. The van der Waals surface area contributed by atoms with Crippen molar-refractivity contribution in [3.8, 4) is 11.5 Å². The van der Waals surface area contributed by atoms with E-state index in [2.05, 4.69) is 0 Å². The normalized spacial score (nSPS) is 17.0. The van der Waals surface area contributed by atoms with Gasteiger partial charge in [0.15, 0.2) is 0 Å². The van der Waals surface area contributed by atoms with Gasteiger partial charge in [0.25, 0.3) is 5.91 Å². The number of carbonyl (C=O) groups excluding carboxylic acids is 1. The van der Waals surface area contributed by atoms with Crippen molar-refractivity contribution in [2.75, 3.05) is 13.1 Å². The topological polar surface area (TPSA) is 66.8 Å². The van der Waals surface area contributed by atoms with E-state index in [1.807, 2.05) is 30.3 Å². The third kappa shape index (κ3) is 3.34. The molecule has 1 amide bonds. The average Bonchev–Trinajstić information content (AvgIpc) is 3.06. The van der Waals surface area contributed by atoms with E-state index in [-0.39, 0.29) is 12.5 Å². The lowest BCUT2D eigenvalue weighted by atomic mass is 10.1. The number of carboxylic acid groups (broad SMARTS) is 1. The third-order valence-electron chi connectivity index (χ3n) is 3.91. The molecular weight excluding hydrogens is 294 g/mol. The fourth-order valence-corrected chi connectivity index (χ4v) is 2.66. The van der Waals surface area contributed by atoms with E-state index < -0.39 is 11.9 Å². The van der Waals surface area contributed by atoms with Gasteiger partial charge in [0.1, 0.15) is 11.5 Å². The molecule has 5 heteroatoms. The maximum atomic E-state index is 12.7. The number of aliphatic carboxylic acids is 1. The summed E-state index contributed by atoms with van der Waals surface area (Å²) in [5, 5.41) is 9.07. The molecule has 1 fully saturated rings. The lowest BCUT2D eigenvalue weighted by molar-refractivity contribution is -0.141. The Morgan fingerprint density at radius 1 is 1.04 bits per heavy atom. The Kier molecular flexibility index (Phi) is 4.28. The number of amides is 1. The van der Waals surface area contributed by atoms with E-state index in [0.29, 0.717) is 30.0 Å². The third-order valence-corrected chi connectivity index (χ3v) is 3.91. The van der Waals surface area contributed by atoms with E-state index in [1.54, 1.807) is 29.2 Å². The standard InChI is InChI=1S/C18H17NO4/c20-17(19-11-10-13(12-19)18(21)22)15-8-4-5-9-16(15)23-14-6-2-1-3-7-14/h1-9,13H,10-12H2,(H,21,22)/t13-/m1/s1. The van der Waals surface area contributed by atoms with Gasteiger partial charge < -0.3 is 14.7 Å². The number of likely N-dealkylation sites (tertiary alicyclic amines) is 1. The van der Waals surface area contributed by atoms with Crippen molar-refractivity contribution >= 4 is 11.9 Å². The summed E-state index contributed by atoms with van der Waals surface area (Å²) in [5.41, 5.74) is 0.447. The summed E-state index contributed by atoms with van der Waals surface area (Å²) in [6, 6.07) is 16.3. The highest BCUT2D eigenvalue weighted by atomic mass is 16.5. The Morgan fingerprint density at radius 3 is 2.43 bits per heavy atom. The predicted octanol–water partition coefficient (Wildman–Crippen LogP) is 3.03. The molecule has 0 saturated carbocycles. The zero-order valence-electron chi connectivity index (χ0n) is 12.5. The summed E-state index contributed by atoms with van der Waals surface area (Å²) in [6.07, 6.45) is 0.489. The van der Waals surface area contributed by atoms with Crippen molar-refractivity contribution in [3.63, 3.8) is 0 Å². The first-order valence-corrected chi connectivity index (χ1v) is 7.49. The minimum absolute atomic E-state index is 0.194. The van der Waals surface area contributed by atoms with Crippen LogP contribution in [0, 0.1) is 5.92 Å². The van der Waals surface area contributed by atoms with Crippen LogP contribution < -0.4 is 4.74 Å². The number of carbonyl (C=O) groups is 2. The molecule has 0 aromatic heterocycles. The molecule has 23 heavy (non-hydrogen) atoms. The Bertz CT molecular complexity index is 714. The quantitative estimate of drug-likeness (QED) is 0.942. The molecule has 0 radical (unpaired) electrons. The Hall–Kier alpha value is -2.82. The maximum absolute atomic E-state index is 12.7. The summed E-state index contributed by atoms with van der Waals surface area (Å²) >= 11 is 0. The van der Waals surface area contributed by atoms with Crippen LogP contribution in [0.2, 0.25) is 0 Å². The van der Waals surface area contributed by atoms with Gasteiger partial charge in [0.2, 0.25) is 0 Å². The van der Waals surface area contributed by atoms with E-state index in [0.717, 1.165) is 0 Å². The molecule has 2 aromatic rings. The van der Waals surface area contributed by atoms with Gasteiger partial charge in [-0.3, -0.25) is 9.59 Å². The number of rotatable bonds is 4. The fraction of sp³-hybridized carbons (Fsp3) is 0.222. The molecule has 1 heterocycles. The van der Waals surface area contributed by atoms with Crippen molar-refractivity contribution in [2.24, 2.45) is 5.92 Å². The molecule has 1 aliphatic heterocycles. The molecule has 0 aliphatic carbocycles. The van der Waals surface area contributed by atoms with Crippen LogP contribution in [0.5, 0.6) is 11.5 Å². The van der Waals surface area contributed by atoms with Crippen molar-refractivity contribution in [1.82, 2.24) is 4.90 Å². The fourth-order valence-electron chi connectivity index (χ4n) is 2.66. The van der Waals surface area contributed by atoms with Crippen LogP contribution in [0.3, 0.4) is 0 Å². The van der Waals surface area contributed by atoms with Gasteiger partial charge in [-0.15, -0.1) is 0 Å². The SMILES string of the molecule is O=C(O)[C@@H]1CCN(C(=O)c2ccccc2Oc2ccccc2)C1. The summed E-state index contributed by atoms with van der Waals surface area (Å²) < 4.78 is 5.80. The zero-order valence-corrected chi connectivity index (χ0v) is 12.5. The molecular formula is C18H17NO4. The highest BCUT2D eigenvalue weighted by molar-refractivity contribution is 5.97. The highest BCUT2D eigenvalue weighted by Gasteiger charge is 2.32. The van der Waals surface area contributed by atoms with Crippen molar-refractivity contribution in [3.05, 3.63) is 60.2 Å². The molecule has 0 spiro atoms. The maximum Gasteiger partial charge on any atom is 0.308 e. The number of hydrogen-bond acceptors (Lipinski definition) is 3. The van der Waals surface area contributed by atoms with Crippen LogP contribution in [-0.4, -0.2) is 35.0 Å². The van der Waals surface area contributed by atoms with E-state index in [9.17, 15) is 9.59 Å². The molecule has 0 unspecified atom stereocenters. The minimum Gasteiger partial charge on any atom is -0.481 e. The number of carboxylic acids is 1. The van der Waals surface area contributed by atoms with Crippen LogP contribution in [0.25, 0.3) is 0 Å². The lowest BCUT2D eigenvalue weighted by Gasteiger charge is -2.18. The van der Waals surface area contributed by atoms with Crippen LogP contribution in [0.1, 0.15) is 16.8 Å². The number of nitrogens with zero attached hydrogens (tertiary/aromatic N) is 1.